The summed E-state index contributed by atoms with van der Waals surface area (Å²) < 4.78 is 2.86. The Kier molecular flexibility index (Phi) is 2.98. The first-order valence-corrected chi connectivity index (χ1v) is 5.53. The highest BCUT2D eigenvalue weighted by Crippen LogP contribution is 2.27. The number of hydrogen-bond donors (Lipinski definition) is 1. The van der Waals surface area contributed by atoms with E-state index in [2.05, 4.69) is 26.2 Å². The van der Waals surface area contributed by atoms with Crippen molar-refractivity contribution in [3.8, 4) is 0 Å². The third-order valence-electron chi connectivity index (χ3n) is 2.00. The van der Waals surface area contributed by atoms with E-state index >= 15 is 0 Å². The van der Waals surface area contributed by atoms with Crippen LogP contribution in [0.25, 0.3) is 0 Å². The van der Waals surface area contributed by atoms with Gasteiger partial charge in [-0.25, -0.2) is 4.98 Å². The first-order valence-electron chi connectivity index (χ1n) is 4.36. The summed E-state index contributed by atoms with van der Waals surface area (Å²) >= 11 is 9.44. The molecular formula is C10H9BrClN3. The van der Waals surface area contributed by atoms with Gasteiger partial charge in [0.1, 0.15) is 0 Å². The van der Waals surface area contributed by atoms with Crippen LogP contribution in [0.1, 0.15) is 0 Å². The predicted molar refractivity (Wildman–Crippen MR) is 65.6 cm³/mol. The van der Waals surface area contributed by atoms with E-state index in [0.29, 0.717) is 5.02 Å². The van der Waals surface area contributed by atoms with Crippen molar-refractivity contribution in [3.05, 3.63) is 40.1 Å². The zero-order chi connectivity index (χ0) is 10.8. The number of aryl methyl sites for hydroxylation is 1. The zero-order valence-electron chi connectivity index (χ0n) is 8.04. The maximum Gasteiger partial charge on any atom is 0.207 e. The maximum absolute atomic E-state index is 6.05. The van der Waals surface area contributed by atoms with Crippen molar-refractivity contribution in [2.24, 2.45) is 7.05 Å². The Labute approximate surface area is 101 Å². The molecule has 0 radical (unpaired) electrons. The summed E-state index contributed by atoms with van der Waals surface area (Å²) in [5.74, 6) is 0.759. The summed E-state index contributed by atoms with van der Waals surface area (Å²) in [6.45, 7) is 0. The van der Waals surface area contributed by atoms with Crippen LogP contribution in [-0.2, 0) is 7.05 Å². The first kappa shape index (κ1) is 10.5. The van der Waals surface area contributed by atoms with Crippen LogP contribution in [0.3, 0.4) is 0 Å². The molecule has 0 atom stereocenters. The predicted octanol–water partition coefficient (Wildman–Crippen LogP) is 3.58. The molecule has 5 heteroatoms. The summed E-state index contributed by atoms with van der Waals surface area (Å²) in [6.07, 6.45) is 3.60. The molecule has 0 saturated heterocycles. The van der Waals surface area contributed by atoms with Gasteiger partial charge in [0.05, 0.1) is 10.7 Å². The highest BCUT2D eigenvalue weighted by atomic mass is 79.9. The molecule has 0 aliphatic heterocycles. The molecule has 0 fully saturated rings. The molecule has 1 heterocycles. The number of halogens is 2. The van der Waals surface area contributed by atoms with Crippen LogP contribution in [0.15, 0.2) is 35.1 Å². The Hall–Kier alpha value is -1.000. The van der Waals surface area contributed by atoms with Gasteiger partial charge in [0, 0.05) is 23.9 Å². The van der Waals surface area contributed by atoms with Crippen molar-refractivity contribution < 1.29 is 0 Å². The van der Waals surface area contributed by atoms with E-state index in [1.54, 1.807) is 6.20 Å². The Morgan fingerprint density at radius 3 is 2.93 bits per heavy atom. The van der Waals surface area contributed by atoms with Crippen LogP contribution < -0.4 is 5.32 Å². The van der Waals surface area contributed by atoms with E-state index in [-0.39, 0.29) is 0 Å². The normalized spacial score (nSPS) is 10.3. The average molecular weight is 287 g/mol. The van der Waals surface area contributed by atoms with Crippen LogP contribution in [0.4, 0.5) is 11.6 Å². The van der Waals surface area contributed by atoms with E-state index in [4.69, 9.17) is 11.6 Å². The van der Waals surface area contributed by atoms with Gasteiger partial charge >= 0.3 is 0 Å². The second-order valence-corrected chi connectivity index (χ2v) is 4.43. The fourth-order valence-electron chi connectivity index (χ4n) is 1.20. The molecule has 15 heavy (non-hydrogen) atoms. The monoisotopic (exact) mass is 285 g/mol. The largest absolute Gasteiger partial charge is 0.324 e. The quantitative estimate of drug-likeness (QED) is 0.914. The molecule has 3 nitrogen and oxygen atoms in total. The molecule has 78 valence electrons. The molecule has 0 amide bonds. The zero-order valence-corrected chi connectivity index (χ0v) is 10.4. The molecule has 0 saturated carbocycles. The Bertz CT molecular complexity index is 481. The lowest BCUT2D eigenvalue weighted by molar-refractivity contribution is 0.924. The van der Waals surface area contributed by atoms with Gasteiger partial charge < -0.3 is 9.88 Å². The molecular weight excluding hydrogens is 277 g/mol. The van der Waals surface area contributed by atoms with Crippen LogP contribution in [0.5, 0.6) is 0 Å². The van der Waals surface area contributed by atoms with E-state index in [1.165, 1.54) is 0 Å². The summed E-state index contributed by atoms with van der Waals surface area (Å²) in [4.78, 5) is 4.16. The topological polar surface area (TPSA) is 29.9 Å². The number of imidazole rings is 1. The minimum absolute atomic E-state index is 0.668. The molecule has 1 aromatic heterocycles. The van der Waals surface area contributed by atoms with Crippen molar-refractivity contribution >= 4 is 39.2 Å². The van der Waals surface area contributed by atoms with Gasteiger partial charge in [0.25, 0.3) is 0 Å². The van der Waals surface area contributed by atoms with E-state index < -0.39 is 0 Å². The molecule has 1 aromatic carbocycles. The summed E-state index contributed by atoms with van der Waals surface area (Å²) in [5.41, 5.74) is 0.834. The number of benzene rings is 1. The highest BCUT2D eigenvalue weighted by Gasteiger charge is 2.04. The lowest BCUT2D eigenvalue weighted by atomic mass is 10.3. The number of nitrogens with zero attached hydrogens (tertiary/aromatic N) is 2. The van der Waals surface area contributed by atoms with Gasteiger partial charge in [0.15, 0.2) is 0 Å². The average Bonchev–Trinajstić information content (AvgIpc) is 2.58. The third kappa shape index (κ3) is 2.33. The van der Waals surface area contributed by atoms with Crippen LogP contribution in [0, 0.1) is 0 Å². The van der Waals surface area contributed by atoms with Crippen molar-refractivity contribution in [3.63, 3.8) is 0 Å². The molecule has 0 spiro atoms. The number of hydrogen-bond acceptors (Lipinski definition) is 2. The number of anilines is 2. The van der Waals surface area contributed by atoms with Gasteiger partial charge in [-0.2, -0.15) is 0 Å². The summed E-state index contributed by atoms with van der Waals surface area (Å²) in [7, 11) is 1.92. The molecule has 0 aliphatic carbocycles. The molecule has 0 unspecified atom stereocenters. The van der Waals surface area contributed by atoms with E-state index in [0.717, 1.165) is 16.1 Å². The minimum Gasteiger partial charge on any atom is -0.324 e. The van der Waals surface area contributed by atoms with Crippen molar-refractivity contribution in [1.82, 2.24) is 9.55 Å². The summed E-state index contributed by atoms with van der Waals surface area (Å²) in [5, 5.41) is 3.82. The SMILES string of the molecule is Cn1ccnc1Nc1cc(Br)ccc1Cl. The lowest BCUT2D eigenvalue weighted by Gasteiger charge is -2.08. The Balaban J connectivity index is 2.32. The van der Waals surface area contributed by atoms with Crippen molar-refractivity contribution in [1.29, 1.82) is 0 Å². The van der Waals surface area contributed by atoms with E-state index in [1.807, 2.05) is 36.0 Å². The lowest BCUT2D eigenvalue weighted by Crippen LogP contribution is -1.98. The fourth-order valence-corrected chi connectivity index (χ4v) is 1.73. The Morgan fingerprint density at radius 1 is 1.47 bits per heavy atom. The van der Waals surface area contributed by atoms with Gasteiger partial charge in [-0.3, -0.25) is 0 Å². The standard InChI is InChI=1S/C10H9BrClN3/c1-15-5-4-13-10(15)14-9-6-7(11)2-3-8(9)12/h2-6H,1H3,(H,13,14). The van der Waals surface area contributed by atoms with Gasteiger partial charge in [-0.15, -0.1) is 0 Å². The number of aromatic nitrogens is 2. The van der Waals surface area contributed by atoms with Crippen molar-refractivity contribution in [2.45, 2.75) is 0 Å². The van der Waals surface area contributed by atoms with Crippen molar-refractivity contribution in [2.75, 3.05) is 5.32 Å². The molecule has 0 aliphatic rings. The Morgan fingerprint density at radius 2 is 2.27 bits per heavy atom. The van der Waals surface area contributed by atoms with E-state index in [9.17, 15) is 0 Å². The second-order valence-electron chi connectivity index (χ2n) is 3.11. The second kappa shape index (κ2) is 4.24. The fraction of sp³-hybridized carbons (Fsp3) is 0.100. The van der Waals surface area contributed by atoms with Crippen LogP contribution in [-0.4, -0.2) is 9.55 Å². The molecule has 1 N–H and O–H groups in total. The highest BCUT2D eigenvalue weighted by molar-refractivity contribution is 9.10. The van der Waals surface area contributed by atoms with Crippen LogP contribution in [0.2, 0.25) is 5.02 Å². The van der Waals surface area contributed by atoms with Gasteiger partial charge in [0.2, 0.25) is 5.95 Å². The number of rotatable bonds is 2. The third-order valence-corrected chi connectivity index (χ3v) is 2.82. The molecule has 2 aromatic rings. The minimum atomic E-state index is 0.668. The first-order chi connectivity index (χ1) is 7.16. The molecule has 0 bridgehead atoms. The maximum atomic E-state index is 6.05. The smallest absolute Gasteiger partial charge is 0.207 e. The van der Waals surface area contributed by atoms with Crippen LogP contribution >= 0.6 is 27.5 Å². The van der Waals surface area contributed by atoms with Gasteiger partial charge in [-0.1, -0.05) is 27.5 Å². The van der Waals surface area contributed by atoms with Gasteiger partial charge in [-0.05, 0) is 18.2 Å². The summed E-state index contributed by atoms with van der Waals surface area (Å²) in [6, 6.07) is 5.64. The number of nitrogens with one attached hydrogen (secondary N) is 1. The molecule has 2 rings (SSSR count).